The lowest BCUT2D eigenvalue weighted by Gasteiger charge is -2.41. The summed E-state index contributed by atoms with van der Waals surface area (Å²) in [4.78, 5) is 2.36. The van der Waals surface area contributed by atoms with Crippen LogP contribution in [0.15, 0.2) is 16.8 Å². The van der Waals surface area contributed by atoms with Crippen molar-refractivity contribution < 1.29 is 0 Å². The lowest BCUT2D eigenvalue weighted by Crippen LogP contribution is -2.53. The summed E-state index contributed by atoms with van der Waals surface area (Å²) in [6.45, 7) is 8.39. The Morgan fingerprint density at radius 2 is 2.20 bits per heavy atom. The predicted molar refractivity (Wildman–Crippen MR) is 68.1 cm³/mol. The van der Waals surface area contributed by atoms with E-state index >= 15 is 0 Å². The van der Waals surface area contributed by atoms with Crippen molar-refractivity contribution in [2.24, 2.45) is 11.7 Å². The summed E-state index contributed by atoms with van der Waals surface area (Å²) < 4.78 is 0. The minimum absolute atomic E-state index is 0.0853. The molecule has 1 rings (SSSR count). The van der Waals surface area contributed by atoms with E-state index in [1.54, 1.807) is 11.3 Å². The van der Waals surface area contributed by atoms with Crippen LogP contribution in [0.5, 0.6) is 0 Å². The first-order valence-corrected chi connectivity index (χ1v) is 6.37. The fourth-order valence-corrected chi connectivity index (χ4v) is 2.33. The standard InChI is InChI=1S/C12H22N2S/c1-10(2)12(3,9-13)14(4)7-11-5-6-15-8-11/h5-6,8,10H,7,9,13H2,1-4H3. The maximum Gasteiger partial charge on any atom is 0.0326 e. The van der Waals surface area contributed by atoms with Crippen LogP contribution in [0.1, 0.15) is 26.3 Å². The van der Waals surface area contributed by atoms with Crippen LogP contribution < -0.4 is 5.73 Å². The molecule has 2 nitrogen and oxygen atoms in total. The molecule has 0 aliphatic carbocycles. The van der Waals surface area contributed by atoms with Gasteiger partial charge in [0, 0.05) is 18.6 Å². The van der Waals surface area contributed by atoms with Crippen LogP contribution in [0.4, 0.5) is 0 Å². The number of rotatable bonds is 5. The van der Waals surface area contributed by atoms with Gasteiger partial charge in [-0.15, -0.1) is 0 Å². The molecule has 1 heterocycles. The van der Waals surface area contributed by atoms with Crippen molar-refractivity contribution in [1.29, 1.82) is 0 Å². The molecule has 86 valence electrons. The zero-order valence-electron chi connectivity index (χ0n) is 10.2. The Hall–Kier alpha value is -0.380. The highest BCUT2D eigenvalue weighted by molar-refractivity contribution is 7.07. The molecule has 0 fully saturated rings. The van der Waals surface area contributed by atoms with E-state index in [4.69, 9.17) is 5.73 Å². The highest BCUT2D eigenvalue weighted by Gasteiger charge is 2.31. The molecular formula is C12H22N2S. The van der Waals surface area contributed by atoms with E-state index < -0.39 is 0 Å². The SMILES string of the molecule is CC(C)C(C)(CN)N(C)Cc1ccsc1. The summed E-state index contributed by atoms with van der Waals surface area (Å²) in [6, 6.07) is 2.18. The average molecular weight is 226 g/mol. The Morgan fingerprint density at radius 1 is 1.53 bits per heavy atom. The summed E-state index contributed by atoms with van der Waals surface area (Å²) in [5.74, 6) is 0.561. The van der Waals surface area contributed by atoms with Gasteiger partial charge in [-0.3, -0.25) is 4.90 Å². The number of nitrogens with zero attached hydrogens (tertiary/aromatic N) is 1. The number of nitrogens with two attached hydrogens (primary N) is 1. The predicted octanol–water partition coefficient (Wildman–Crippen LogP) is 2.55. The topological polar surface area (TPSA) is 29.3 Å². The maximum absolute atomic E-state index is 5.90. The molecule has 0 amide bonds. The Labute approximate surface area is 97.1 Å². The van der Waals surface area contributed by atoms with Crippen molar-refractivity contribution in [1.82, 2.24) is 4.90 Å². The van der Waals surface area contributed by atoms with Crippen LogP contribution in [0.3, 0.4) is 0 Å². The van der Waals surface area contributed by atoms with Crippen molar-refractivity contribution in [2.75, 3.05) is 13.6 Å². The van der Waals surface area contributed by atoms with Crippen LogP contribution in [-0.4, -0.2) is 24.0 Å². The van der Waals surface area contributed by atoms with Crippen molar-refractivity contribution in [3.63, 3.8) is 0 Å². The lowest BCUT2D eigenvalue weighted by molar-refractivity contribution is 0.0879. The molecule has 0 aliphatic rings. The number of thiophene rings is 1. The molecule has 0 aromatic carbocycles. The zero-order valence-corrected chi connectivity index (χ0v) is 11.0. The molecule has 1 aromatic heterocycles. The molecule has 15 heavy (non-hydrogen) atoms. The van der Waals surface area contributed by atoms with Gasteiger partial charge in [0.15, 0.2) is 0 Å². The highest BCUT2D eigenvalue weighted by atomic mass is 32.1. The Morgan fingerprint density at radius 3 is 2.60 bits per heavy atom. The third-order valence-electron chi connectivity index (χ3n) is 3.53. The van der Waals surface area contributed by atoms with Gasteiger partial charge in [-0.2, -0.15) is 11.3 Å². The normalized spacial score (nSPS) is 15.9. The summed E-state index contributed by atoms with van der Waals surface area (Å²) in [7, 11) is 2.16. The van der Waals surface area contributed by atoms with Gasteiger partial charge in [0.05, 0.1) is 0 Å². The molecule has 0 bridgehead atoms. The monoisotopic (exact) mass is 226 g/mol. The second-order valence-electron chi connectivity index (χ2n) is 4.70. The zero-order chi connectivity index (χ0) is 11.5. The van der Waals surface area contributed by atoms with Crippen LogP contribution in [-0.2, 0) is 6.54 Å². The molecule has 1 aromatic rings. The molecule has 1 atom stereocenters. The summed E-state index contributed by atoms with van der Waals surface area (Å²) in [6.07, 6.45) is 0. The third-order valence-corrected chi connectivity index (χ3v) is 4.26. The largest absolute Gasteiger partial charge is 0.329 e. The van der Waals surface area contributed by atoms with Gasteiger partial charge in [-0.25, -0.2) is 0 Å². The summed E-state index contributed by atoms with van der Waals surface area (Å²) in [5.41, 5.74) is 7.36. The van der Waals surface area contributed by atoms with Crippen LogP contribution in [0.2, 0.25) is 0 Å². The Kier molecular flexibility index (Phi) is 4.32. The van der Waals surface area contributed by atoms with Crippen molar-refractivity contribution in [2.45, 2.75) is 32.9 Å². The molecular weight excluding hydrogens is 204 g/mol. The number of hydrogen-bond acceptors (Lipinski definition) is 3. The first kappa shape index (κ1) is 12.7. The molecule has 2 N–H and O–H groups in total. The second kappa shape index (κ2) is 5.10. The van der Waals surface area contributed by atoms with E-state index in [0.29, 0.717) is 12.5 Å². The molecule has 0 saturated heterocycles. The fraction of sp³-hybridized carbons (Fsp3) is 0.667. The van der Waals surface area contributed by atoms with Crippen LogP contribution >= 0.6 is 11.3 Å². The number of likely N-dealkylation sites (N-methyl/N-ethyl adjacent to an activating group) is 1. The van der Waals surface area contributed by atoms with E-state index in [0.717, 1.165) is 6.54 Å². The molecule has 0 spiro atoms. The molecule has 3 heteroatoms. The lowest BCUT2D eigenvalue weighted by atomic mass is 9.87. The van der Waals surface area contributed by atoms with Gasteiger partial charge in [-0.05, 0) is 42.3 Å². The molecule has 0 radical (unpaired) electrons. The highest BCUT2D eigenvalue weighted by Crippen LogP contribution is 2.24. The average Bonchev–Trinajstić information content (AvgIpc) is 2.68. The van der Waals surface area contributed by atoms with Gasteiger partial charge in [0.1, 0.15) is 0 Å². The van der Waals surface area contributed by atoms with Gasteiger partial charge in [-0.1, -0.05) is 13.8 Å². The maximum atomic E-state index is 5.90. The number of hydrogen-bond donors (Lipinski definition) is 1. The fourth-order valence-electron chi connectivity index (χ4n) is 1.67. The first-order chi connectivity index (χ1) is 7.00. The van der Waals surface area contributed by atoms with Crippen LogP contribution in [0.25, 0.3) is 0 Å². The van der Waals surface area contributed by atoms with Crippen molar-refractivity contribution >= 4 is 11.3 Å². The quantitative estimate of drug-likeness (QED) is 0.836. The third kappa shape index (κ3) is 2.80. The molecule has 0 aliphatic heterocycles. The summed E-state index contributed by atoms with van der Waals surface area (Å²) >= 11 is 1.75. The van der Waals surface area contributed by atoms with E-state index in [1.165, 1.54) is 5.56 Å². The smallest absolute Gasteiger partial charge is 0.0326 e. The summed E-state index contributed by atoms with van der Waals surface area (Å²) in [5, 5.41) is 4.33. The minimum Gasteiger partial charge on any atom is -0.329 e. The van der Waals surface area contributed by atoms with Gasteiger partial charge in [0.25, 0.3) is 0 Å². The minimum atomic E-state index is 0.0853. The molecule has 1 unspecified atom stereocenters. The van der Waals surface area contributed by atoms with Gasteiger partial charge in [0.2, 0.25) is 0 Å². The van der Waals surface area contributed by atoms with E-state index in [-0.39, 0.29) is 5.54 Å². The van der Waals surface area contributed by atoms with E-state index in [2.05, 4.69) is 49.5 Å². The van der Waals surface area contributed by atoms with E-state index in [1.807, 2.05) is 0 Å². The van der Waals surface area contributed by atoms with Crippen LogP contribution in [0, 0.1) is 5.92 Å². The second-order valence-corrected chi connectivity index (χ2v) is 5.48. The van der Waals surface area contributed by atoms with Gasteiger partial charge < -0.3 is 5.73 Å². The molecule has 0 saturated carbocycles. The van der Waals surface area contributed by atoms with Crippen molar-refractivity contribution in [3.8, 4) is 0 Å². The Bertz CT molecular complexity index is 282. The van der Waals surface area contributed by atoms with Gasteiger partial charge >= 0.3 is 0 Å². The first-order valence-electron chi connectivity index (χ1n) is 5.43. The van der Waals surface area contributed by atoms with Crippen molar-refractivity contribution in [3.05, 3.63) is 22.4 Å². The Balaban J connectivity index is 2.69. The van der Waals surface area contributed by atoms with E-state index in [9.17, 15) is 0 Å².